The highest BCUT2D eigenvalue weighted by molar-refractivity contribution is 8.00. The molecule has 0 aromatic heterocycles. The Balaban J connectivity index is 4.18. The summed E-state index contributed by atoms with van der Waals surface area (Å²) in [5.74, 6) is -0.362. The van der Waals surface area contributed by atoms with Crippen LogP contribution in [0.25, 0.3) is 0 Å². The van der Waals surface area contributed by atoms with Crippen LogP contribution in [0, 0.1) is 0 Å². The molecule has 3 unspecified atom stereocenters. The SMILES string of the molecule is CCOC(=O)C(C)(N)CC(C)SC(C)CO. The van der Waals surface area contributed by atoms with Crippen LogP contribution >= 0.6 is 11.8 Å². The van der Waals surface area contributed by atoms with Crippen LogP contribution in [0.4, 0.5) is 0 Å². The number of hydrogen-bond acceptors (Lipinski definition) is 5. The van der Waals surface area contributed by atoms with E-state index < -0.39 is 5.54 Å². The van der Waals surface area contributed by atoms with E-state index in [1.54, 1.807) is 25.6 Å². The highest BCUT2D eigenvalue weighted by atomic mass is 32.2. The Hall–Kier alpha value is -0.260. The van der Waals surface area contributed by atoms with E-state index >= 15 is 0 Å². The van der Waals surface area contributed by atoms with Crippen LogP contribution in [-0.2, 0) is 9.53 Å². The third-order valence-corrected chi connectivity index (χ3v) is 3.42. The molecular formula is C11H23NO3S. The second-order valence-corrected chi connectivity index (χ2v) is 6.16. The lowest BCUT2D eigenvalue weighted by atomic mass is 9.98. The van der Waals surface area contributed by atoms with Crippen LogP contribution in [-0.4, -0.2) is 40.3 Å². The fraction of sp³-hybridized carbons (Fsp3) is 0.909. The number of hydrogen-bond donors (Lipinski definition) is 2. The maximum atomic E-state index is 11.5. The van der Waals surface area contributed by atoms with Gasteiger partial charge in [-0.05, 0) is 20.3 Å². The first kappa shape index (κ1) is 15.7. The predicted molar refractivity (Wildman–Crippen MR) is 67.4 cm³/mol. The van der Waals surface area contributed by atoms with E-state index in [2.05, 4.69) is 0 Å². The molecule has 0 aromatic rings. The standard InChI is InChI=1S/C11H23NO3S/c1-5-15-10(14)11(4,12)6-8(2)16-9(3)7-13/h8-9,13H,5-7,12H2,1-4H3. The molecule has 5 heteroatoms. The average Bonchev–Trinajstić information content (AvgIpc) is 2.16. The van der Waals surface area contributed by atoms with Gasteiger partial charge in [0.25, 0.3) is 0 Å². The Labute approximate surface area is 102 Å². The number of nitrogens with two attached hydrogens (primary N) is 1. The Bertz CT molecular complexity index is 221. The minimum absolute atomic E-state index is 0.135. The van der Waals surface area contributed by atoms with Crippen molar-refractivity contribution in [3.05, 3.63) is 0 Å². The molecule has 0 radical (unpaired) electrons. The van der Waals surface area contributed by atoms with Gasteiger partial charge in [0.15, 0.2) is 0 Å². The molecule has 0 aromatic carbocycles. The molecule has 0 saturated heterocycles. The number of carbonyl (C=O) groups excluding carboxylic acids is 1. The minimum atomic E-state index is -0.947. The number of carbonyl (C=O) groups is 1. The van der Waals surface area contributed by atoms with Gasteiger partial charge in [-0.15, -0.1) is 0 Å². The zero-order valence-corrected chi connectivity index (χ0v) is 11.3. The summed E-state index contributed by atoms with van der Waals surface area (Å²) in [4.78, 5) is 11.5. The average molecular weight is 249 g/mol. The molecule has 0 heterocycles. The monoisotopic (exact) mass is 249 g/mol. The largest absolute Gasteiger partial charge is 0.465 e. The zero-order chi connectivity index (χ0) is 12.8. The summed E-state index contributed by atoms with van der Waals surface area (Å²) in [6.45, 7) is 7.88. The first-order valence-electron chi connectivity index (χ1n) is 5.56. The number of thioether (sulfide) groups is 1. The van der Waals surface area contributed by atoms with Gasteiger partial charge in [0.05, 0.1) is 13.2 Å². The van der Waals surface area contributed by atoms with Gasteiger partial charge in [-0.2, -0.15) is 11.8 Å². The lowest BCUT2D eigenvalue weighted by Crippen LogP contribution is -2.48. The molecule has 96 valence electrons. The summed E-state index contributed by atoms with van der Waals surface area (Å²) >= 11 is 1.62. The van der Waals surface area contributed by atoms with Crippen LogP contribution in [0.3, 0.4) is 0 Å². The van der Waals surface area contributed by atoms with E-state index in [1.165, 1.54) is 0 Å². The van der Waals surface area contributed by atoms with Gasteiger partial charge in [0, 0.05) is 10.5 Å². The van der Waals surface area contributed by atoms with Gasteiger partial charge < -0.3 is 15.6 Å². The van der Waals surface area contributed by atoms with Crippen molar-refractivity contribution in [2.75, 3.05) is 13.2 Å². The zero-order valence-electron chi connectivity index (χ0n) is 10.5. The summed E-state index contributed by atoms with van der Waals surface area (Å²) in [6, 6.07) is 0. The van der Waals surface area contributed by atoms with E-state index in [9.17, 15) is 4.79 Å². The Morgan fingerprint density at radius 1 is 1.50 bits per heavy atom. The van der Waals surface area contributed by atoms with Crippen molar-refractivity contribution in [2.45, 2.75) is 50.2 Å². The molecule has 16 heavy (non-hydrogen) atoms. The summed E-state index contributed by atoms with van der Waals surface area (Å²) < 4.78 is 4.92. The highest BCUT2D eigenvalue weighted by Gasteiger charge is 2.32. The fourth-order valence-electron chi connectivity index (χ4n) is 1.46. The summed E-state index contributed by atoms with van der Waals surface area (Å²) in [6.07, 6.45) is 0.542. The summed E-state index contributed by atoms with van der Waals surface area (Å²) in [5, 5.41) is 9.30. The Morgan fingerprint density at radius 2 is 2.06 bits per heavy atom. The van der Waals surface area contributed by atoms with Gasteiger partial charge in [-0.1, -0.05) is 13.8 Å². The molecule has 0 spiro atoms. The summed E-state index contributed by atoms with van der Waals surface area (Å²) in [5.41, 5.74) is 4.97. The second-order valence-electron chi connectivity index (χ2n) is 4.28. The van der Waals surface area contributed by atoms with Crippen molar-refractivity contribution in [3.8, 4) is 0 Å². The van der Waals surface area contributed by atoms with Gasteiger partial charge >= 0.3 is 5.97 Å². The Kier molecular flexibility index (Phi) is 7.03. The van der Waals surface area contributed by atoms with Crippen molar-refractivity contribution < 1.29 is 14.6 Å². The van der Waals surface area contributed by atoms with E-state index in [4.69, 9.17) is 15.6 Å². The topological polar surface area (TPSA) is 72.5 Å². The van der Waals surface area contributed by atoms with Crippen molar-refractivity contribution in [2.24, 2.45) is 5.73 Å². The first-order valence-corrected chi connectivity index (χ1v) is 6.50. The molecule has 0 aliphatic carbocycles. The molecule has 3 atom stereocenters. The number of aliphatic hydroxyl groups excluding tert-OH is 1. The van der Waals surface area contributed by atoms with Gasteiger partial charge in [0.2, 0.25) is 0 Å². The van der Waals surface area contributed by atoms with E-state index in [0.717, 1.165) is 0 Å². The highest BCUT2D eigenvalue weighted by Crippen LogP contribution is 2.24. The molecular weight excluding hydrogens is 226 g/mol. The maximum Gasteiger partial charge on any atom is 0.325 e. The van der Waals surface area contributed by atoms with E-state index in [1.807, 2.05) is 13.8 Å². The smallest absolute Gasteiger partial charge is 0.325 e. The first-order chi connectivity index (χ1) is 7.33. The second kappa shape index (κ2) is 7.14. The lowest BCUT2D eigenvalue weighted by Gasteiger charge is -2.26. The van der Waals surface area contributed by atoms with Crippen LogP contribution in [0.5, 0.6) is 0 Å². The molecule has 0 rings (SSSR count). The van der Waals surface area contributed by atoms with E-state index in [0.29, 0.717) is 13.0 Å². The van der Waals surface area contributed by atoms with Gasteiger partial charge in [-0.25, -0.2) is 0 Å². The molecule has 0 aliphatic rings. The summed E-state index contributed by atoms with van der Waals surface area (Å²) in [7, 11) is 0. The van der Waals surface area contributed by atoms with Crippen LogP contribution in [0.1, 0.15) is 34.1 Å². The van der Waals surface area contributed by atoms with Crippen LogP contribution in [0.2, 0.25) is 0 Å². The van der Waals surface area contributed by atoms with Crippen LogP contribution in [0.15, 0.2) is 0 Å². The van der Waals surface area contributed by atoms with Crippen molar-refractivity contribution >= 4 is 17.7 Å². The molecule has 0 bridgehead atoms. The number of aliphatic hydroxyl groups is 1. The molecule has 3 N–H and O–H groups in total. The quantitative estimate of drug-likeness (QED) is 0.662. The maximum absolute atomic E-state index is 11.5. The third-order valence-electron chi connectivity index (χ3n) is 2.17. The van der Waals surface area contributed by atoms with Crippen molar-refractivity contribution in [1.82, 2.24) is 0 Å². The van der Waals surface area contributed by atoms with Gasteiger partial charge in [-0.3, -0.25) is 4.79 Å². The molecule has 4 nitrogen and oxygen atoms in total. The minimum Gasteiger partial charge on any atom is -0.465 e. The van der Waals surface area contributed by atoms with E-state index in [-0.39, 0.29) is 23.1 Å². The number of rotatable bonds is 7. The number of esters is 1. The van der Waals surface area contributed by atoms with Crippen molar-refractivity contribution in [3.63, 3.8) is 0 Å². The van der Waals surface area contributed by atoms with Crippen molar-refractivity contribution in [1.29, 1.82) is 0 Å². The number of ether oxygens (including phenoxy) is 1. The molecule has 0 saturated carbocycles. The van der Waals surface area contributed by atoms with Gasteiger partial charge in [0.1, 0.15) is 5.54 Å². The third kappa shape index (κ3) is 5.72. The predicted octanol–water partition coefficient (Wildman–Crippen LogP) is 1.16. The normalized spacial score (nSPS) is 18.6. The molecule has 0 aliphatic heterocycles. The molecule has 0 amide bonds. The molecule has 0 fully saturated rings. The lowest BCUT2D eigenvalue weighted by molar-refractivity contribution is -0.149. The Morgan fingerprint density at radius 3 is 2.50 bits per heavy atom. The van der Waals surface area contributed by atoms with Crippen LogP contribution < -0.4 is 5.73 Å². The fourth-order valence-corrected chi connectivity index (χ4v) is 2.79.